The quantitative estimate of drug-likeness (QED) is 0.524. The van der Waals surface area contributed by atoms with Gasteiger partial charge in [0.05, 0.1) is 0 Å². The molecule has 1 aromatic heterocycles. The number of nitrogens with zero attached hydrogens (tertiary/aromatic N) is 4. The first-order chi connectivity index (χ1) is 15.5. The maximum absolute atomic E-state index is 12.6. The molecule has 0 aromatic carbocycles. The molecular weight excluding hydrogens is 402 g/mol. The molecule has 1 unspecified atom stereocenters. The summed E-state index contributed by atoms with van der Waals surface area (Å²) in [6.07, 6.45) is 13.6. The second kappa shape index (κ2) is 9.84. The summed E-state index contributed by atoms with van der Waals surface area (Å²) < 4.78 is 0. The summed E-state index contributed by atoms with van der Waals surface area (Å²) in [5.74, 6) is 0.519. The van der Waals surface area contributed by atoms with Crippen molar-refractivity contribution in [2.45, 2.75) is 65.5 Å². The molecular formula is C25H35N5O2. The third-order valence-electron chi connectivity index (χ3n) is 7.40. The number of hydrogen-bond acceptors (Lipinski definition) is 3. The molecule has 1 saturated carbocycles. The van der Waals surface area contributed by atoms with Crippen LogP contribution < -0.4 is 5.32 Å². The van der Waals surface area contributed by atoms with E-state index in [4.69, 9.17) is 0 Å². The molecule has 2 aliphatic heterocycles. The van der Waals surface area contributed by atoms with E-state index in [1.807, 2.05) is 35.1 Å². The van der Waals surface area contributed by atoms with Crippen molar-refractivity contribution in [1.29, 1.82) is 0 Å². The van der Waals surface area contributed by atoms with Crippen molar-refractivity contribution in [3.63, 3.8) is 0 Å². The Balaban J connectivity index is 1.20. The highest BCUT2D eigenvalue weighted by molar-refractivity contribution is 5.95. The van der Waals surface area contributed by atoms with Gasteiger partial charge >= 0.3 is 12.1 Å². The molecule has 1 aliphatic carbocycles. The van der Waals surface area contributed by atoms with Gasteiger partial charge in [-0.05, 0) is 74.0 Å². The number of likely N-dealkylation sites (tertiary alicyclic amines) is 1. The Hall–Kier alpha value is -2.70. The van der Waals surface area contributed by atoms with Crippen molar-refractivity contribution in [3.8, 4) is 0 Å². The molecule has 0 radical (unpaired) electrons. The van der Waals surface area contributed by atoms with Crippen LogP contribution in [-0.2, 0) is 13.1 Å². The molecule has 1 atom stereocenters. The topological polar surface area (TPSA) is 77.9 Å². The molecule has 1 N–H and O–H groups in total. The van der Waals surface area contributed by atoms with Gasteiger partial charge in [0, 0.05) is 50.8 Å². The number of carbonyl (C=O) groups excluding carboxylic acids is 2. The van der Waals surface area contributed by atoms with E-state index >= 15 is 0 Å². The first-order valence-electron chi connectivity index (χ1n) is 12.0. The molecule has 32 heavy (non-hydrogen) atoms. The fourth-order valence-electron chi connectivity index (χ4n) is 5.10. The molecule has 1 spiro atoms. The van der Waals surface area contributed by atoms with Crippen LogP contribution in [0.4, 0.5) is 9.59 Å². The standard InChI is InChI=1S/C25H35N5O2/c1-3-5-6-7-22(4-2)28-24(32)29-12-9-25(10-13-29)14-21(25)16-27-23(31)30-17-19-8-11-26-15-20(19)18-30/h3,5,8,11,15,21H,4,6-7,9-10,12-14,16-18H2,1-2H3,(H,27,31). The summed E-state index contributed by atoms with van der Waals surface area (Å²) in [6, 6.07) is 1.92. The zero-order chi connectivity index (χ0) is 22.6. The number of allylic oxidation sites excluding steroid dienone is 2. The van der Waals surface area contributed by atoms with Gasteiger partial charge in [-0.1, -0.05) is 19.1 Å². The Morgan fingerprint density at radius 3 is 2.75 bits per heavy atom. The first-order valence-corrected chi connectivity index (χ1v) is 12.0. The van der Waals surface area contributed by atoms with E-state index < -0.39 is 0 Å². The second-order valence-electron chi connectivity index (χ2n) is 9.36. The number of amides is 4. The predicted octanol–water partition coefficient (Wildman–Crippen LogP) is 4.54. The predicted molar refractivity (Wildman–Crippen MR) is 125 cm³/mol. The van der Waals surface area contributed by atoms with Gasteiger partial charge in [-0.15, -0.1) is 0 Å². The molecule has 7 nitrogen and oxygen atoms in total. The summed E-state index contributed by atoms with van der Waals surface area (Å²) in [6.45, 7) is 7.63. The largest absolute Gasteiger partial charge is 0.343 e. The van der Waals surface area contributed by atoms with E-state index in [9.17, 15) is 9.59 Å². The number of aromatic nitrogens is 1. The number of piperidine rings is 1. The van der Waals surface area contributed by atoms with Crippen molar-refractivity contribution < 1.29 is 9.59 Å². The minimum absolute atomic E-state index is 0.00946. The highest BCUT2D eigenvalue weighted by Crippen LogP contribution is 2.59. The van der Waals surface area contributed by atoms with E-state index in [0.29, 0.717) is 24.4 Å². The third-order valence-corrected chi connectivity index (χ3v) is 7.40. The van der Waals surface area contributed by atoms with E-state index in [1.54, 1.807) is 6.20 Å². The van der Waals surface area contributed by atoms with Crippen LogP contribution in [-0.4, -0.2) is 52.2 Å². The minimum atomic E-state index is -0.0780. The molecule has 3 heterocycles. The number of rotatable bonds is 6. The van der Waals surface area contributed by atoms with Crippen molar-refractivity contribution in [2.75, 3.05) is 19.6 Å². The van der Waals surface area contributed by atoms with Crippen LogP contribution in [0.15, 0.2) is 35.6 Å². The van der Waals surface area contributed by atoms with E-state index in [-0.39, 0.29) is 12.1 Å². The molecule has 4 rings (SSSR count). The van der Waals surface area contributed by atoms with Crippen LogP contribution in [0.5, 0.6) is 0 Å². The molecule has 3 aliphatic rings. The number of pyridine rings is 1. The lowest BCUT2D eigenvalue weighted by atomic mass is 9.91. The maximum atomic E-state index is 12.6. The normalized spacial score (nSPS) is 21.8. The lowest BCUT2D eigenvalue weighted by Gasteiger charge is -2.32. The van der Waals surface area contributed by atoms with Crippen LogP contribution in [0.1, 0.15) is 63.5 Å². The number of fused-ring (bicyclic) bond motifs is 1. The molecule has 1 aromatic rings. The minimum Gasteiger partial charge on any atom is -0.338 e. The van der Waals surface area contributed by atoms with Crippen LogP contribution in [0.25, 0.3) is 0 Å². The Labute approximate surface area is 191 Å². The van der Waals surface area contributed by atoms with Gasteiger partial charge in [0.25, 0.3) is 0 Å². The Kier molecular flexibility index (Phi) is 6.92. The number of urea groups is 2. The lowest BCUT2D eigenvalue weighted by molar-refractivity contribution is 0.166. The average Bonchev–Trinajstić information content (AvgIpc) is 3.28. The monoisotopic (exact) mass is 437 g/mol. The van der Waals surface area contributed by atoms with Crippen molar-refractivity contribution in [3.05, 3.63) is 41.7 Å². The van der Waals surface area contributed by atoms with Gasteiger partial charge in [-0.25, -0.2) is 14.6 Å². The van der Waals surface area contributed by atoms with Crippen molar-refractivity contribution in [1.82, 2.24) is 20.1 Å². The lowest BCUT2D eigenvalue weighted by Crippen LogP contribution is -2.40. The van der Waals surface area contributed by atoms with E-state index in [1.165, 1.54) is 5.56 Å². The average molecular weight is 438 g/mol. The molecule has 7 heteroatoms. The third kappa shape index (κ3) is 5.03. The van der Waals surface area contributed by atoms with Gasteiger partial charge < -0.3 is 15.1 Å². The van der Waals surface area contributed by atoms with Gasteiger partial charge in [-0.2, -0.15) is 0 Å². The molecule has 172 valence electrons. The van der Waals surface area contributed by atoms with Crippen LogP contribution in [0.2, 0.25) is 0 Å². The highest BCUT2D eigenvalue weighted by Gasteiger charge is 2.54. The molecule has 4 amide bonds. The number of hydrogen-bond donors (Lipinski definition) is 1. The van der Waals surface area contributed by atoms with Crippen LogP contribution >= 0.6 is 0 Å². The number of nitrogens with one attached hydrogen (secondary N) is 1. The summed E-state index contributed by atoms with van der Waals surface area (Å²) in [5, 5.41) is 3.14. The summed E-state index contributed by atoms with van der Waals surface area (Å²) in [7, 11) is 0. The Morgan fingerprint density at radius 1 is 1.25 bits per heavy atom. The summed E-state index contributed by atoms with van der Waals surface area (Å²) >= 11 is 0. The van der Waals surface area contributed by atoms with Gasteiger partial charge in [-0.3, -0.25) is 4.98 Å². The maximum Gasteiger partial charge on any atom is 0.343 e. The van der Waals surface area contributed by atoms with E-state index in [0.717, 1.165) is 69.4 Å². The van der Waals surface area contributed by atoms with Gasteiger partial charge in [0.1, 0.15) is 0 Å². The van der Waals surface area contributed by atoms with Gasteiger partial charge in [0.2, 0.25) is 0 Å². The van der Waals surface area contributed by atoms with Crippen LogP contribution in [0.3, 0.4) is 0 Å². The fourth-order valence-corrected chi connectivity index (χ4v) is 5.10. The SMILES string of the molecule is CC=CCCC(CC)=NC(=O)N1CCC2(CC1)CC2CNC(=O)N1Cc2ccncc2C1. The second-order valence-corrected chi connectivity index (χ2v) is 9.36. The Bertz CT molecular complexity index is 876. The van der Waals surface area contributed by atoms with Gasteiger partial charge in [0.15, 0.2) is 0 Å². The van der Waals surface area contributed by atoms with Crippen molar-refractivity contribution >= 4 is 17.8 Å². The summed E-state index contributed by atoms with van der Waals surface area (Å²) in [4.78, 5) is 37.5. The van der Waals surface area contributed by atoms with Crippen LogP contribution in [0, 0.1) is 11.3 Å². The van der Waals surface area contributed by atoms with Crippen molar-refractivity contribution in [2.24, 2.45) is 16.3 Å². The highest BCUT2D eigenvalue weighted by atomic mass is 16.2. The number of aliphatic imine (C=N–C) groups is 1. The zero-order valence-corrected chi connectivity index (χ0v) is 19.3. The summed E-state index contributed by atoms with van der Waals surface area (Å²) in [5.41, 5.74) is 3.61. The zero-order valence-electron chi connectivity index (χ0n) is 19.3. The first kappa shape index (κ1) is 22.5. The smallest absolute Gasteiger partial charge is 0.338 e. The molecule has 0 bridgehead atoms. The number of carbonyl (C=O) groups is 2. The molecule has 1 saturated heterocycles. The fraction of sp³-hybridized carbons (Fsp3) is 0.600. The Morgan fingerprint density at radius 2 is 2.03 bits per heavy atom. The van der Waals surface area contributed by atoms with E-state index in [2.05, 4.69) is 28.3 Å². The molecule has 2 fully saturated rings.